The van der Waals surface area contributed by atoms with E-state index < -0.39 is 6.17 Å². The molecule has 0 heterocycles. The van der Waals surface area contributed by atoms with Crippen LogP contribution in [0.4, 0.5) is 4.39 Å². The van der Waals surface area contributed by atoms with Gasteiger partial charge in [-0.15, -0.1) is 0 Å². The lowest BCUT2D eigenvalue weighted by Crippen LogP contribution is -2.60. The van der Waals surface area contributed by atoms with Crippen LogP contribution >= 0.6 is 0 Å². The van der Waals surface area contributed by atoms with Gasteiger partial charge >= 0.3 is 0 Å². The molecule has 0 amide bonds. The fourth-order valence-corrected chi connectivity index (χ4v) is 7.41. The molecule has 3 aliphatic carbocycles. The van der Waals surface area contributed by atoms with Gasteiger partial charge in [-0.3, -0.25) is 0 Å². The van der Waals surface area contributed by atoms with E-state index in [1.165, 1.54) is 135 Å². The van der Waals surface area contributed by atoms with E-state index in [1.54, 1.807) is 0 Å². The Morgan fingerprint density at radius 1 is 0.586 bits per heavy atom. The molecular formula is C28H51F. The monoisotopic (exact) mass is 406 g/mol. The minimum atomic E-state index is -0.467. The second-order valence-corrected chi connectivity index (χ2v) is 11.6. The smallest absolute Gasteiger partial charge is 0.111 e. The van der Waals surface area contributed by atoms with Crippen molar-refractivity contribution < 1.29 is 4.39 Å². The molecule has 0 aromatic carbocycles. The molecule has 0 aliphatic heterocycles. The molecule has 3 rings (SSSR count). The zero-order chi connectivity index (χ0) is 20.6. The van der Waals surface area contributed by atoms with Crippen molar-refractivity contribution in [2.75, 3.05) is 0 Å². The number of hydrogen-bond donors (Lipinski definition) is 0. The summed E-state index contributed by atoms with van der Waals surface area (Å²) >= 11 is 0. The van der Waals surface area contributed by atoms with E-state index in [0.717, 1.165) is 11.8 Å². The number of unbranched alkanes of at least 4 members (excludes halogenated alkanes) is 8. The second kappa shape index (κ2) is 11.5. The highest BCUT2D eigenvalue weighted by Gasteiger charge is 2.64. The fourth-order valence-electron chi connectivity index (χ4n) is 7.41. The van der Waals surface area contributed by atoms with Gasteiger partial charge in [-0.2, -0.15) is 0 Å². The van der Waals surface area contributed by atoms with Crippen LogP contribution in [0.2, 0.25) is 0 Å². The SMILES string of the molecule is CCCCCCCC1CCC2(CC1)CC1(CCC(CCCCCCC)CC1)C2F. The topological polar surface area (TPSA) is 0 Å². The normalized spacial score (nSPS) is 37.1. The van der Waals surface area contributed by atoms with E-state index >= 15 is 4.39 Å². The first-order chi connectivity index (χ1) is 14.1. The molecule has 3 aliphatic rings. The number of halogens is 1. The first kappa shape index (κ1) is 23.6. The Balaban J connectivity index is 1.32. The highest BCUT2D eigenvalue weighted by Crippen LogP contribution is 2.68. The van der Waals surface area contributed by atoms with Crippen LogP contribution in [0.15, 0.2) is 0 Å². The lowest BCUT2D eigenvalue weighted by molar-refractivity contribution is -0.184. The predicted molar refractivity (Wildman–Crippen MR) is 125 cm³/mol. The van der Waals surface area contributed by atoms with Crippen LogP contribution in [0.1, 0.15) is 149 Å². The Morgan fingerprint density at radius 2 is 0.966 bits per heavy atom. The third-order valence-corrected chi connectivity index (χ3v) is 9.41. The maximum Gasteiger partial charge on any atom is 0.111 e. The van der Waals surface area contributed by atoms with Crippen molar-refractivity contribution in [1.82, 2.24) is 0 Å². The molecule has 2 spiro atoms. The molecule has 170 valence electrons. The van der Waals surface area contributed by atoms with Crippen molar-refractivity contribution in [3.8, 4) is 0 Å². The Bertz CT molecular complexity index is 399. The van der Waals surface area contributed by atoms with Gasteiger partial charge in [0, 0.05) is 10.8 Å². The summed E-state index contributed by atoms with van der Waals surface area (Å²) in [6, 6.07) is 0. The molecule has 0 atom stereocenters. The Labute approximate surface area is 182 Å². The van der Waals surface area contributed by atoms with Gasteiger partial charge in [0.25, 0.3) is 0 Å². The van der Waals surface area contributed by atoms with Crippen LogP contribution in [0, 0.1) is 22.7 Å². The van der Waals surface area contributed by atoms with Gasteiger partial charge in [-0.05, 0) is 69.6 Å². The van der Waals surface area contributed by atoms with Crippen molar-refractivity contribution in [3.63, 3.8) is 0 Å². The third kappa shape index (κ3) is 6.00. The van der Waals surface area contributed by atoms with Crippen LogP contribution in [0.3, 0.4) is 0 Å². The van der Waals surface area contributed by atoms with Crippen molar-refractivity contribution >= 4 is 0 Å². The Kier molecular flexibility index (Phi) is 9.37. The largest absolute Gasteiger partial charge is 0.246 e. The average molecular weight is 407 g/mol. The van der Waals surface area contributed by atoms with E-state index in [4.69, 9.17) is 0 Å². The maximum absolute atomic E-state index is 15.6. The highest BCUT2D eigenvalue weighted by molar-refractivity contribution is 5.13. The highest BCUT2D eigenvalue weighted by atomic mass is 19.1. The minimum Gasteiger partial charge on any atom is -0.246 e. The minimum absolute atomic E-state index is 0.117. The standard InChI is InChI=1S/C28H51F/c1-3-5-7-9-11-13-24-15-19-27(20-16-24)23-28(26(27)29)21-17-25(18-22-28)14-12-10-8-6-4-2/h24-26H,3-23H2,1-2H3. The summed E-state index contributed by atoms with van der Waals surface area (Å²) in [5.74, 6) is 1.82. The first-order valence-electron chi connectivity index (χ1n) is 13.8. The Hall–Kier alpha value is -0.0700. The van der Waals surface area contributed by atoms with E-state index in [0.29, 0.717) is 0 Å². The molecule has 0 saturated heterocycles. The number of alkyl halides is 1. The third-order valence-electron chi connectivity index (χ3n) is 9.41. The predicted octanol–water partition coefficient (Wildman–Crippen LogP) is 9.80. The van der Waals surface area contributed by atoms with Gasteiger partial charge in [0.2, 0.25) is 0 Å². The van der Waals surface area contributed by atoms with Gasteiger partial charge in [-0.25, -0.2) is 4.39 Å². The summed E-state index contributed by atoms with van der Waals surface area (Å²) < 4.78 is 15.6. The van der Waals surface area contributed by atoms with E-state index in [-0.39, 0.29) is 10.8 Å². The summed E-state index contributed by atoms with van der Waals surface area (Å²) in [5.41, 5.74) is 0.234. The molecule has 3 saturated carbocycles. The van der Waals surface area contributed by atoms with E-state index in [1.807, 2.05) is 0 Å². The molecular weight excluding hydrogens is 355 g/mol. The lowest BCUT2D eigenvalue weighted by Gasteiger charge is -2.63. The zero-order valence-electron chi connectivity index (χ0n) is 20.0. The molecule has 0 aromatic heterocycles. The first-order valence-corrected chi connectivity index (χ1v) is 13.8. The lowest BCUT2D eigenvalue weighted by atomic mass is 9.42. The van der Waals surface area contributed by atoms with Gasteiger partial charge < -0.3 is 0 Å². The fraction of sp³-hybridized carbons (Fsp3) is 1.00. The van der Waals surface area contributed by atoms with Crippen LogP contribution in [0.25, 0.3) is 0 Å². The van der Waals surface area contributed by atoms with Crippen LogP contribution in [-0.4, -0.2) is 6.17 Å². The number of hydrogen-bond acceptors (Lipinski definition) is 0. The molecule has 0 radical (unpaired) electrons. The quantitative estimate of drug-likeness (QED) is 0.283. The molecule has 1 heteroatoms. The number of rotatable bonds is 12. The van der Waals surface area contributed by atoms with Gasteiger partial charge in [0.1, 0.15) is 6.17 Å². The molecule has 0 unspecified atom stereocenters. The van der Waals surface area contributed by atoms with Crippen molar-refractivity contribution in [2.45, 2.75) is 155 Å². The molecule has 0 nitrogen and oxygen atoms in total. The van der Waals surface area contributed by atoms with Gasteiger partial charge in [0.05, 0.1) is 0 Å². The van der Waals surface area contributed by atoms with Crippen molar-refractivity contribution in [2.24, 2.45) is 22.7 Å². The second-order valence-electron chi connectivity index (χ2n) is 11.6. The van der Waals surface area contributed by atoms with E-state index in [2.05, 4.69) is 13.8 Å². The van der Waals surface area contributed by atoms with Gasteiger partial charge in [-0.1, -0.05) is 90.9 Å². The molecule has 0 N–H and O–H groups in total. The summed E-state index contributed by atoms with van der Waals surface area (Å²) in [4.78, 5) is 0. The summed E-state index contributed by atoms with van der Waals surface area (Å²) in [6.07, 6.45) is 27.7. The Morgan fingerprint density at radius 3 is 1.31 bits per heavy atom. The van der Waals surface area contributed by atoms with Crippen LogP contribution in [-0.2, 0) is 0 Å². The summed E-state index contributed by atoms with van der Waals surface area (Å²) in [7, 11) is 0. The van der Waals surface area contributed by atoms with Crippen LogP contribution in [0.5, 0.6) is 0 Å². The van der Waals surface area contributed by atoms with Gasteiger partial charge in [0.15, 0.2) is 0 Å². The van der Waals surface area contributed by atoms with Crippen molar-refractivity contribution in [1.29, 1.82) is 0 Å². The molecule has 3 fully saturated rings. The van der Waals surface area contributed by atoms with E-state index in [9.17, 15) is 0 Å². The summed E-state index contributed by atoms with van der Waals surface area (Å²) in [5, 5.41) is 0. The van der Waals surface area contributed by atoms with Crippen molar-refractivity contribution in [3.05, 3.63) is 0 Å². The van der Waals surface area contributed by atoms with Crippen LogP contribution < -0.4 is 0 Å². The average Bonchev–Trinajstić information content (AvgIpc) is 2.75. The molecule has 29 heavy (non-hydrogen) atoms. The maximum atomic E-state index is 15.6. The zero-order valence-corrected chi connectivity index (χ0v) is 20.0. The molecule has 0 aromatic rings. The molecule has 0 bridgehead atoms. The summed E-state index contributed by atoms with van der Waals surface area (Å²) in [6.45, 7) is 4.58.